The van der Waals surface area contributed by atoms with Crippen molar-refractivity contribution in [3.63, 3.8) is 0 Å². The number of aryl methyl sites for hydroxylation is 1. The standard InChI is InChI=1S/C15H23N/c1-2-5-13-6-8-14(9-7-13)15(12-16)10-3-4-11-15/h6-9H,2-5,10-12,16H2,1H3. The van der Waals surface area contributed by atoms with Crippen molar-refractivity contribution in [2.45, 2.75) is 50.9 Å². The highest BCUT2D eigenvalue weighted by Gasteiger charge is 2.33. The highest BCUT2D eigenvalue weighted by molar-refractivity contribution is 5.30. The lowest BCUT2D eigenvalue weighted by Crippen LogP contribution is -2.31. The third-order valence-electron chi connectivity index (χ3n) is 4.06. The number of hydrogen-bond acceptors (Lipinski definition) is 1. The van der Waals surface area contributed by atoms with E-state index in [4.69, 9.17) is 5.73 Å². The van der Waals surface area contributed by atoms with Crippen LogP contribution in [-0.4, -0.2) is 6.54 Å². The van der Waals surface area contributed by atoms with Crippen molar-refractivity contribution >= 4 is 0 Å². The maximum Gasteiger partial charge on any atom is 0.00755 e. The van der Waals surface area contributed by atoms with Gasteiger partial charge in [0.2, 0.25) is 0 Å². The molecule has 0 saturated heterocycles. The van der Waals surface area contributed by atoms with E-state index in [0.29, 0.717) is 5.41 Å². The molecule has 0 aliphatic heterocycles. The zero-order chi connectivity index (χ0) is 11.4. The van der Waals surface area contributed by atoms with Gasteiger partial charge in [-0.15, -0.1) is 0 Å². The first kappa shape index (κ1) is 11.7. The van der Waals surface area contributed by atoms with Crippen LogP contribution in [-0.2, 0) is 11.8 Å². The summed E-state index contributed by atoms with van der Waals surface area (Å²) >= 11 is 0. The van der Waals surface area contributed by atoms with E-state index >= 15 is 0 Å². The van der Waals surface area contributed by atoms with Gasteiger partial charge in [0.1, 0.15) is 0 Å². The molecule has 0 spiro atoms. The molecule has 0 bridgehead atoms. The van der Waals surface area contributed by atoms with Crippen LogP contribution in [0.2, 0.25) is 0 Å². The van der Waals surface area contributed by atoms with Crippen molar-refractivity contribution in [2.75, 3.05) is 6.54 Å². The Kier molecular flexibility index (Phi) is 3.65. The monoisotopic (exact) mass is 217 g/mol. The van der Waals surface area contributed by atoms with E-state index in [-0.39, 0.29) is 0 Å². The lowest BCUT2D eigenvalue weighted by molar-refractivity contribution is 0.453. The molecule has 16 heavy (non-hydrogen) atoms. The van der Waals surface area contributed by atoms with Gasteiger partial charge in [0.05, 0.1) is 0 Å². The molecule has 0 unspecified atom stereocenters. The average molecular weight is 217 g/mol. The molecule has 0 radical (unpaired) electrons. The van der Waals surface area contributed by atoms with Crippen molar-refractivity contribution in [3.05, 3.63) is 35.4 Å². The molecule has 1 aromatic carbocycles. The molecule has 2 N–H and O–H groups in total. The van der Waals surface area contributed by atoms with Crippen molar-refractivity contribution in [2.24, 2.45) is 5.73 Å². The van der Waals surface area contributed by atoms with E-state index in [9.17, 15) is 0 Å². The Morgan fingerprint density at radius 3 is 2.25 bits per heavy atom. The van der Waals surface area contributed by atoms with Crippen LogP contribution in [0.4, 0.5) is 0 Å². The average Bonchev–Trinajstić information content (AvgIpc) is 2.80. The third-order valence-corrected chi connectivity index (χ3v) is 4.06. The molecule has 0 atom stereocenters. The Balaban J connectivity index is 2.19. The van der Waals surface area contributed by atoms with Gasteiger partial charge in [-0.3, -0.25) is 0 Å². The SMILES string of the molecule is CCCc1ccc(C2(CN)CCCC2)cc1. The van der Waals surface area contributed by atoms with Crippen molar-refractivity contribution in [3.8, 4) is 0 Å². The van der Waals surface area contributed by atoms with E-state index in [0.717, 1.165) is 6.54 Å². The zero-order valence-electron chi connectivity index (χ0n) is 10.3. The molecule has 1 heteroatoms. The molecule has 0 aromatic heterocycles. The van der Waals surface area contributed by atoms with Gasteiger partial charge in [0.25, 0.3) is 0 Å². The van der Waals surface area contributed by atoms with Gasteiger partial charge in [-0.1, -0.05) is 50.5 Å². The molecular weight excluding hydrogens is 194 g/mol. The minimum atomic E-state index is 0.296. The Bertz CT molecular complexity index is 320. The van der Waals surface area contributed by atoms with E-state index in [1.807, 2.05) is 0 Å². The summed E-state index contributed by atoms with van der Waals surface area (Å²) in [5.41, 5.74) is 9.21. The lowest BCUT2D eigenvalue weighted by atomic mass is 9.79. The normalized spacial score (nSPS) is 18.9. The Morgan fingerprint density at radius 1 is 1.12 bits per heavy atom. The fraction of sp³-hybridized carbons (Fsp3) is 0.600. The second-order valence-electron chi connectivity index (χ2n) is 5.14. The summed E-state index contributed by atoms with van der Waals surface area (Å²) in [4.78, 5) is 0. The number of benzene rings is 1. The second-order valence-corrected chi connectivity index (χ2v) is 5.14. The summed E-state index contributed by atoms with van der Waals surface area (Å²) in [5.74, 6) is 0. The maximum atomic E-state index is 6.00. The first-order valence-electron chi connectivity index (χ1n) is 6.60. The number of rotatable bonds is 4. The Labute approximate surface area is 99.0 Å². The number of nitrogens with two attached hydrogens (primary N) is 1. The van der Waals surface area contributed by atoms with Gasteiger partial charge in [-0.2, -0.15) is 0 Å². The summed E-state index contributed by atoms with van der Waals surface area (Å²) < 4.78 is 0. The first-order valence-corrected chi connectivity index (χ1v) is 6.60. The van der Waals surface area contributed by atoms with E-state index in [2.05, 4.69) is 31.2 Å². The summed E-state index contributed by atoms with van der Waals surface area (Å²) in [6.45, 7) is 3.03. The third kappa shape index (κ3) is 2.15. The van der Waals surface area contributed by atoms with Crippen molar-refractivity contribution in [1.82, 2.24) is 0 Å². The van der Waals surface area contributed by atoms with Gasteiger partial charge in [-0.05, 0) is 30.4 Å². The topological polar surface area (TPSA) is 26.0 Å². The highest BCUT2D eigenvalue weighted by Crippen LogP contribution is 2.40. The molecule has 1 aliphatic rings. The Hall–Kier alpha value is -0.820. The van der Waals surface area contributed by atoms with Crippen LogP contribution in [0.1, 0.15) is 50.2 Å². The minimum absolute atomic E-state index is 0.296. The molecule has 1 aliphatic carbocycles. The molecule has 88 valence electrons. The molecule has 2 rings (SSSR count). The molecule has 1 aromatic rings. The minimum Gasteiger partial charge on any atom is -0.330 e. The highest BCUT2D eigenvalue weighted by atomic mass is 14.6. The number of hydrogen-bond donors (Lipinski definition) is 1. The van der Waals surface area contributed by atoms with Crippen LogP contribution < -0.4 is 5.73 Å². The van der Waals surface area contributed by atoms with Gasteiger partial charge in [-0.25, -0.2) is 0 Å². The van der Waals surface area contributed by atoms with E-state index in [1.165, 1.54) is 49.7 Å². The zero-order valence-corrected chi connectivity index (χ0v) is 10.3. The molecule has 1 fully saturated rings. The van der Waals surface area contributed by atoms with Crippen LogP contribution in [0.5, 0.6) is 0 Å². The second kappa shape index (κ2) is 5.01. The van der Waals surface area contributed by atoms with Crippen molar-refractivity contribution < 1.29 is 0 Å². The van der Waals surface area contributed by atoms with E-state index in [1.54, 1.807) is 0 Å². The quantitative estimate of drug-likeness (QED) is 0.821. The lowest BCUT2D eigenvalue weighted by Gasteiger charge is -2.28. The van der Waals surface area contributed by atoms with Crippen LogP contribution in [0.25, 0.3) is 0 Å². The molecular formula is C15H23N. The fourth-order valence-electron chi connectivity index (χ4n) is 2.98. The molecule has 0 heterocycles. The van der Waals surface area contributed by atoms with Gasteiger partial charge < -0.3 is 5.73 Å². The summed E-state index contributed by atoms with van der Waals surface area (Å²) in [6, 6.07) is 9.19. The molecule has 1 saturated carbocycles. The smallest absolute Gasteiger partial charge is 0.00755 e. The maximum absolute atomic E-state index is 6.00. The first-order chi connectivity index (χ1) is 7.80. The Morgan fingerprint density at radius 2 is 1.75 bits per heavy atom. The predicted molar refractivity (Wildman–Crippen MR) is 69.6 cm³/mol. The summed E-state index contributed by atoms with van der Waals surface area (Å²) in [7, 11) is 0. The predicted octanol–water partition coefficient (Wildman–Crippen LogP) is 3.41. The summed E-state index contributed by atoms with van der Waals surface area (Å²) in [5, 5.41) is 0. The summed E-state index contributed by atoms with van der Waals surface area (Å²) in [6.07, 6.45) is 7.65. The van der Waals surface area contributed by atoms with Gasteiger partial charge in [0, 0.05) is 12.0 Å². The van der Waals surface area contributed by atoms with Gasteiger partial charge in [0.15, 0.2) is 0 Å². The molecule has 1 nitrogen and oxygen atoms in total. The van der Waals surface area contributed by atoms with Crippen LogP contribution in [0.3, 0.4) is 0 Å². The van der Waals surface area contributed by atoms with Crippen LogP contribution in [0.15, 0.2) is 24.3 Å². The fourth-order valence-corrected chi connectivity index (χ4v) is 2.98. The van der Waals surface area contributed by atoms with Crippen LogP contribution in [0, 0.1) is 0 Å². The largest absolute Gasteiger partial charge is 0.330 e. The van der Waals surface area contributed by atoms with Crippen LogP contribution >= 0.6 is 0 Å². The molecule has 0 amide bonds. The van der Waals surface area contributed by atoms with Crippen molar-refractivity contribution in [1.29, 1.82) is 0 Å². The van der Waals surface area contributed by atoms with E-state index < -0.39 is 0 Å². The van der Waals surface area contributed by atoms with Gasteiger partial charge >= 0.3 is 0 Å².